The summed E-state index contributed by atoms with van der Waals surface area (Å²) in [4.78, 5) is 5.83. The topological polar surface area (TPSA) is 28.2 Å². The van der Waals surface area contributed by atoms with Gasteiger partial charge in [-0.05, 0) is 14.0 Å². The predicted octanol–water partition coefficient (Wildman–Crippen LogP) is 2.81. The minimum atomic E-state index is -4.12. The summed E-state index contributed by atoms with van der Waals surface area (Å²) < 4.78 is 36.2. The van der Waals surface area contributed by atoms with Gasteiger partial charge in [0.05, 0.1) is 12.1 Å². The molecule has 1 aromatic heterocycles. The first-order valence-corrected chi connectivity index (χ1v) is 6.12. The number of hydrogen-bond acceptors (Lipinski definition) is 4. The van der Waals surface area contributed by atoms with Crippen molar-refractivity contribution in [3.05, 3.63) is 11.1 Å². The van der Waals surface area contributed by atoms with Crippen LogP contribution in [0.15, 0.2) is 5.38 Å². The van der Waals surface area contributed by atoms with Crippen LogP contribution in [0.2, 0.25) is 0 Å². The lowest BCUT2D eigenvalue weighted by Gasteiger charge is -2.16. The van der Waals surface area contributed by atoms with Gasteiger partial charge in [0.15, 0.2) is 5.13 Å². The number of nitrogens with zero attached hydrogens (tertiary/aromatic N) is 2. The average Bonchev–Trinajstić information content (AvgIpc) is 2.73. The van der Waals surface area contributed by atoms with E-state index in [0.717, 1.165) is 5.69 Å². The fourth-order valence-corrected chi connectivity index (χ4v) is 2.10. The van der Waals surface area contributed by atoms with E-state index in [1.54, 1.807) is 7.05 Å². The highest BCUT2D eigenvalue weighted by Gasteiger charge is 2.27. The molecule has 0 bridgehead atoms. The molecule has 1 aromatic rings. The van der Waals surface area contributed by atoms with Crippen LogP contribution in [0.3, 0.4) is 0 Å². The van der Waals surface area contributed by atoms with Gasteiger partial charge in [0.25, 0.3) is 0 Å². The zero-order chi connectivity index (χ0) is 13.1. The van der Waals surface area contributed by atoms with Crippen LogP contribution in [0.25, 0.3) is 0 Å². The van der Waals surface area contributed by atoms with E-state index in [4.69, 9.17) is 0 Å². The van der Waals surface area contributed by atoms with Crippen molar-refractivity contribution >= 4 is 16.5 Å². The van der Waals surface area contributed by atoms with Crippen LogP contribution < -0.4 is 10.2 Å². The summed E-state index contributed by atoms with van der Waals surface area (Å²) in [5.74, 6) is 0. The quantitative estimate of drug-likeness (QED) is 0.889. The third kappa shape index (κ3) is 4.51. The van der Waals surface area contributed by atoms with Gasteiger partial charge in [0, 0.05) is 25.0 Å². The van der Waals surface area contributed by atoms with E-state index in [2.05, 4.69) is 10.3 Å². The molecular formula is C10H16F3N3S. The predicted molar refractivity (Wildman–Crippen MR) is 63.5 cm³/mol. The Hall–Kier alpha value is -0.820. The monoisotopic (exact) mass is 267 g/mol. The smallest absolute Gasteiger partial charge is 0.351 e. The van der Waals surface area contributed by atoms with Gasteiger partial charge in [-0.15, -0.1) is 11.3 Å². The first kappa shape index (κ1) is 14.2. The van der Waals surface area contributed by atoms with Crippen molar-refractivity contribution in [2.45, 2.75) is 25.6 Å². The Morgan fingerprint density at radius 1 is 1.53 bits per heavy atom. The van der Waals surface area contributed by atoms with Gasteiger partial charge in [-0.2, -0.15) is 13.2 Å². The minimum absolute atomic E-state index is 0.0651. The van der Waals surface area contributed by atoms with Crippen LogP contribution in [-0.4, -0.2) is 31.8 Å². The summed E-state index contributed by atoms with van der Waals surface area (Å²) in [7, 11) is 3.44. The number of halogens is 3. The van der Waals surface area contributed by atoms with Gasteiger partial charge in [-0.1, -0.05) is 0 Å². The number of hydrogen-bond donors (Lipinski definition) is 1. The average molecular weight is 267 g/mol. The van der Waals surface area contributed by atoms with Gasteiger partial charge in [-0.25, -0.2) is 4.98 Å². The van der Waals surface area contributed by atoms with Crippen LogP contribution in [0.1, 0.15) is 25.1 Å². The molecule has 0 fully saturated rings. The van der Waals surface area contributed by atoms with Crippen molar-refractivity contribution in [2.75, 3.05) is 25.5 Å². The normalized spacial score (nSPS) is 13.8. The third-order valence-electron chi connectivity index (χ3n) is 2.44. The van der Waals surface area contributed by atoms with Crippen molar-refractivity contribution in [1.82, 2.24) is 10.3 Å². The fourth-order valence-electron chi connectivity index (χ4n) is 1.19. The first-order chi connectivity index (χ1) is 7.83. The van der Waals surface area contributed by atoms with E-state index >= 15 is 0 Å². The lowest BCUT2D eigenvalue weighted by Crippen LogP contribution is -2.24. The van der Waals surface area contributed by atoms with Crippen LogP contribution >= 0.6 is 11.3 Å². The summed E-state index contributed by atoms with van der Waals surface area (Å²) in [5, 5.41) is 5.51. The van der Waals surface area contributed by atoms with Crippen LogP contribution in [0.5, 0.6) is 0 Å². The van der Waals surface area contributed by atoms with Crippen molar-refractivity contribution in [1.29, 1.82) is 0 Å². The zero-order valence-electron chi connectivity index (χ0n) is 10.0. The second kappa shape index (κ2) is 5.68. The van der Waals surface area contributed by atoms with E-state index in [1.807, 2.05) is 19.4 Å². The fraction of sp³-hybridized carbons (Fsp3) is 0.700. The molecule has 1 heterocycles. The van der Waals surface area contributed by atoms with Gasteiger partial charge in [0.2, 0.25) is 0 Å². The van der Waals surface area contributed by atoms with E-state index in [0.29, 0.717) is 5.13 Å². The van der Waals surface area contributed by atoms with Crippen molar-refractivity contribution in [3.63, 3.8) is 0 Å². The summed E-state index contributed by atoms with van der Waals surface area (Å²) in [5.41, 5.74) is 0.853. The highest BCUT2D eigenvalue weighted by molar-refractivity contribution is 7.13. The molecule has 1 rings (SSSR count). The van der Waals surface area contributed by atoms with Gasteiger partial charge < -0.3 is 10.2 Å². The molecule has 3 nitrogen and oxygen atoms in total. The molecule has 17 heavy (non-hydrogen) atoms. The molecule has 0 aliphatic rings. The highest BCUT2D eigenvalue weighted by Crippen LogP contribution is 2.25. The van der Waals surface area contributed by atoms with Crippen molar-refractivity contribution < 1.29 is 13.2 Å². The lowest BCUT2D eigenvalue weighted by molar-refractivity contribution is -0.132. The molecule has 1 unspecified atom stereocenters. The Morgan fingerprint density at radius 3 is 2.71 bits per heavy atom. The maximum atomic E-state index is 12.1. The van der Waals surface area contributed by atoms with E-state index in [-0.39, 0.29) is 12.6 Å². The van der Waals surface area contributed by atoms with Gasteiger partial charge in [-0.3, -0.25) is 0 Å². The summed E-state index contributed by atoms with van der Waals surface area (Å²) in [6, 6.07) is 0.107. The zero-order valence-corrected chi connectivity index (χ0v) is 10.8. The molecule has 0 aromatic carbocycles. The standard InChI is InChI=1S/C10H16F3N3S/c1-7(14-2)8-6-17-9(15-8)16(3)5-4-10(11,12)13/h6-7,14H,4-5H2,1-3H3. The minimum Gasteiger partial charge on any atom is -0.351 e. The second-order valence-electron chi connectivity index (χ2n) is 3.85. The Balaban J connectivity index is 2.58. The number of aromatic nitrogens is 1. The van der Waals surface area contributed by atoms with Crippen LogP contribution in [-0.2, 0) is 0 Å². The molecule has 7 heteroatoms. The SMILES string of the molecule is CNC(C)c1csc(N(C)CCC(F)(F)F)n1. The van der Waals surface area contributed by atoms with Crippen LogP contribution in [0.4, 0.5) is 18.3 Å². The molecule has 0 spiro atoms. The highest BCUT2D eigenvalue weighted by atomic mass is 32.1. The summed E-state index contributed by atoms with van der Waals surface area (Å²) in [6.45, 7) is 1.89. The molecule has 1 N–H and O–H groups in total. The lowest BCUT2D eigenvalue weighted by atomic mass is 10.3. The number of thiazole rings is 1. The Kier molecular flexibility index (Phi) is 4.76. The first-order valence-electron chi connectivity index (χ1n) is 5.24. The number of rotatable bonds is 5. The molecule has 0 saturated heterocycles. The molecule has 0 aliphatic carbocycles. The van der Waals surface area contributed by atoms with E-state index < -0.39 is 12.6 Å². The number of anilines is 1. The molecule has 0 aliphatic heterocycles. The Bertz CT molecular complexity index is 351. The molecule has 0 saturated carbocycles. The van der Waals surface area contributed by atoms with E-state index in [1.165, 1.54) is 16.2 Å². The van der Waals surface area contributed by atoms with Crippen molar-refractivity contribution in [3.8, 4) is 0 Å². The number of nitrogens with one attached hydrogen (secondary N) is 1. The van der Waals surface area contributed by atoms with Gasteiger partial charge >= 0.3 is 6.18 Å². The maximum absolute atomic E-state index is 12.1. The third-order valence-corrected chi connectivity index (χ3v) is 3.42. The molecule has 0 radical (unpaired) electrons. The molecule has 0 amide bonds. The summed E-state index contributed by atoms with van der Waals surface area (Å²) >= 11 is 1.36. The largest absolute Gasteiger partial charge is 0.390 e. The second-order valence-corrected chi connectivity index (χ2v) is 4.69. The van der Waals surface area contributed by atoms with E-state index in [9.17, 15) is 13.2 Å². The Labute approximate surface area is 103 Å². The number of alkyl halides is 3. The molecule has 1 atom stereocenters. The van der Waals surface area contributed by atoms with Crippen molar-refractivity contribution in [2.24, 2.45) is 0 Å². The van der Waals surface area contributed by atoms with Crippen LogP contribution in [0, 0.1) is 0 Å². The molecular weight excluding hydrogens is 251 g/mol. The maximum Gasteiger partial charge on any atom is 0.390 e. The van der Waals surface area contributed by atoms with Gasteiger partial charge in [0.1, 0.15) is 0 Å². The Morgan fingerprint density at radius 2 is 2.18 bits per heavy atom. The summed E-state index contributed by atoms with van der Waals surface area (Å²) in [6.07, 6.45) is -4.94. The molecule has 98 valence electrons.